The van der Waals surface area contributed by atoms with Gasteiger partial charge in [-0.1, -0.05) is 18.2 Å². The summed E-state index contributed by atoms with van der Waals surface area (Å²) in [6, 6.07) is 7.71. The average molecular weight is 359 g/mol. The van der Waals surface area contributed by atoms with Gasteiger partial charge in [0.25, 0.3) is 5.91 Å². The molecule has 0 unspecified atom stereocenters. The van der Waals surface area contributed by atoms with E-state index in [-0.39, 0.29) is 12.0 Å². The SMILES string of the molecule is CCOC(=O)N1CCN(CN2C(=O)/C(=N\N(C)C)c3ccccc32)CC1. The molecule has 0 bridgehead atoms. The number of carbonyl (C=O) groups excluding carboxylic acids is 2. The van der Waals surface area contributed by atoms with Gasteiger partial charge in [0.1, 0.15) is 0 Å². The van der Waals surface area contributed by atoms with Gasteiger partial charge in [-0.15, -0.1) is 0 Å². The highest BCUT2D eigenvalue weighted by atomic mass is 16.6. The van der Waals surface area contributed by atoms with Crippen molar-refractivity contribution >= 4 is 23.4 Å². The predicted molar refractivity (Wildman–Crippen MR) is 99.2 cm³/mol. The summed E-state index contributed by atoms with van der Waals surface area (Å²) in [5.41, 5.74) is 2.21. The number of amides is 2. The molecule has 26 heavy (non-hydrogen) atoms. The molecule has 0 aliphatic carbocycles. The van der Waals surface area contributed by atoms with Crippen molar-refractivity contribution in [3.8, 4) is 0 Å². The number of nitrogens with zero attached hydrogens (tertiary/aromatic N) is 5. The largest absolute Gasteiger partial charge is 0.450 e. The molecule has 0 radical (unpaired) electrons. The van der Waals surface area contributed by atoms with Crippen LogP contribution in [0.1, 0.15) is 12.5 Å². The molecule has 0 saturated carbocycles. The number of rotatable bonds is 4. The van der Waals surface area contributed by atoms with Crippen LogP contribution >= 0.6 is 0 Å². The molecule has 0 spiro atoms. The molecule has 2 aliphatic heterocycles. The quantitative estimate of drug-likeness (QED) is 0.751. The molecule has 0 N–H and O–H groups in total. The summed E-state index contributed by atoms with van der Waals surface area (Å²) in [4.78, 5) is 30.3. The highest BCUT2D eigenvalue weighted by Gasteiger charge is 2.35. The van der Waals surface area contributed by atoms with E-state index in [4.69, 9.17) is 4.74 Å². The van der Waals surface area contributed by atoms with Gasteiger partial charge in [-0.25, -0.2) is 4.79 Å². The van der Waals surface area contributed by atoms with Crippen molar-refractivity contribution in [1.82, 2.24) is 14.8 Å². The minimum absolute atomic E-state index is 0.0901. The number of ether oxygens (including phenoxy) is 1. The monoisotopic (exact) mass is 359 g/mol. The van der Waals surface area contributed by atoms with E-state index in [0.29, 0.717) is 45.2 Å². The first-order valence-electron chi connectivity index (χ1n) is 8.82. The van der Waals surface area contributed by atoms with Crippen LogP contribution < -0.4 is 4.90 Å². The van der Waals surface area contributed by atoms with Crippen molar-refractivity contribution in [3.63, 3.8) is 0 Å². The highest BCUT2D eigenvalue weighted by molar-refractivity contribution is 6.54. The van der Waals surface area contributed by atoms with Gasteiger partial charge >= 0.3 is 6.09 Å². The fourth-order valence-corrected chi connectivity index (χ4v) is 3.19. The van der Waals surface area contributed by atoms with Crippen LogP contribution in [-0.4, -0.2) is 86.1 Å². The molecule has 0 aromatic heterocycles. The number of piperazine rings is 1. The van der Waals surface area contributed by atoms with E-state index in [9.17, 15) is 9.59 Å². The van der Waals surface area contributed by atoms with Crippen LogP contribution in [0.25, 0.3) is 0 Å². The minimum Gasteiger partial charge on any atom is -0.450 e. The van der Waals surface area contributed by atoms with Gasteiger partial charge in [0.15, 0.2) is 5.71 Å². The number of para-hydroxylation sites is 1. The lowest BCUT2D eigenvalue weighted by atomic mass is 10.1. The summed E-state index contributed by atoms with van der Waals surface area (Å²) < 4.78 is 5.05. The summed E-state index contributed by atoms with van der Waals surface area (Å²) in [5.74, 6) is -0.0901. The first-order chi connectivity index (χ1) is 12.5. The smallest absolute Gasteiger partial charge is 0.409 e. The molecule has 8 nitrogen and oxygen atoms in total. The van der Waals surface area contributed by atoms with E-state index in [2.05, 4.69) is 10.0 Å². The van der Waals surface area contributed by atoms with Crippen molar-refractivity contribution in [3.05, 3.63) is 29.8 Å². The zero-order valence-electron chi connectivity index (χ0n) is 15.5. The van der Waals surface area contributed by atoms with Gasteiger partial charge in [0.2, 0.25) is 0 Å². The fraction of sp³-hybridized carbons (Fsp3) is 0.500. The van der Waals surface area contributed by atoms with Crippen LogP contribution in [0.2, 0.25) is 0 Å². The molecule has 3 rings (SSSR count). The number of anilines is 1. The highest BCUT2D eigenvalue weighted by Crippen LogP contribution is 2.29. The number of hydrazone groups is 1. The lowest BCUT2D eigenvalue weighted by Gasteiger charge is -2.36. The molecule has 2 amide bonds. The van der Waals surface area contributed by atoms with Crippen LogP contribution in [-0.2, 0) is 9.53 Å². The number of hydrogen-bond acceptors (Lipinski definition) is 6. The average Bonchev–Trinajstić information content (AvgIpc) is 2.88. The van der Waals surface area contributed by atoms with Crippen LogP contribution in [0, 0.1) is 0 Å². The van der Waals surface area contributed by atoms with Gasteiger partial charge in [-0.2, -0.15) is 5.10 Å². The molecule has 1 aromatic rings. The maximum absolute atomic E-state index is 12.9. The Bertz CT molecular complexity index is 711. The standard InChI is InChI=1S/C18H25N5O3/c1-4-26-18(25)22-11-9-21(10-12-22)13-23-15-8-6-5-7-14(15)16(17(23)24)19-20(2)3/h5-8H,4,9-13H2,1-3H3/b19-16-. The minimum atomic E-state index is -0.268. The van der Waals surface area contributed by atoms with Gasteiger partial charge in [-0.05, 0) is 13.0 Å². The predicted octanol–water partition coefficient (Wildman–Crippen LogP) is 1.03. The summed E-state index contributed by atoms with van der Waals surface area (Å²) in [6.07, 6.45) is -0.268. The molecule has 8 heteroatoms. The van der Waals surface area contributed by atoms with E-state index in [0.717, 1.165) is 11.3 Å². The number of fused-ring (bicyclic) bond motifs is 1. The second kappa shape index (κ2) is 7.74. The van der Waals surface area contributed by atoms with Gasteiger partial charge in [0.05, 0.1) is 19.0 Å². The molecular formula is C18H25N5O3. The number of benzene rings is 1. The molecule has 0 atom stereocenters. The topological polar surface area (TPSA) is 68.7 Å². The first-order valence-corrected chi connectivity index (χ1v) is 8.82. The second-order valence-corrected chi connectivity index (χ2v) is 6.49. The Morgan fingerprint density at radius 3 is 2.54 bits per heavy atom. The molecule has 140 valence electrons. The molecule has 1 fully saturated rings. The summed E-state index contributed by atoms with van der Waals surface area (Å²) in [6.45, 7) is 5.26. The van der Waals surface area contributed by atoms with Crippen LogP contribution in [0.5, 0.6) is 0 Å². The molecule has 1 saturated heterocycles. The van der Waals surface area contributed by atoms with E-state index < -0.39 is 0 Å². The van der Waals surface area contributed by atoms with Crippen molar-refractivity contribution in [2.75, 3.05) is 58.4 Å². The zero-order valence-corrected chi connectivity index (χ0v) is 15.5. The maximum atomic E-state index is 12.9. The summed E-state index contributed by atoms with van der Waals surface area (Å²) in [7, 11) is 3.61. The maximum Gasteiger partial charge on any atom is 0.409 e. The Balaban J connectivity index is 1.69. The molecule has 1 aromatic carbocycles. The van der Waals surface area contributed by atoms with Crippen LogP contribution in [0.4, 0.5) is 10.5 Å². The lowest BCUT2D eigenvalue weighted by Crippen LogP contribution is -2.52. The number of hydrogen-bond donors (Lipinski definition) is 0. The van der Waals surface area contributed by atoms with Crippen LogP contribution in [0.3, 0.4) is 0 Å². The van der Waals surface area contributed by atoms with Crippen molar-refractivity contribution in [2.24, 2.45) is 5.10 Å². The molecular weight excluding hydrogens is 334 g/mol. The third kappa shape index (κ3) is 3.65. The normalized spacial score (nSPS) is 19.0. The Labute approximate surface area is 153 Å². The van der Waals surface area contributed by atoms with Crippen LogP contribution in [0.15, 0.2) is 29.4 Å². The first kappa shape index (κ1) is 18.2. The van der Waals surface area contributed by atoms with Crippen molar-refractivity contribution in [1.29, 1.82) is 0 Å². The second-order valence-electron chi connectivity index (χ2n) is 6.49. The third-order valence-electron chi connectivity index (χ3n) is 4.44. The zero-order chi connectivity index (χ0) is 18.7. The Morgan fingerprint density at radius 1 is 1.19 bits per heavy atom. The van der Waals surface area contributed by atoms with E-state index in [1.165, 1.54) is 0 Å². The van der Waals surface area contributed by atoms with E-state index in [1.54, 1.807) is 35.8 Å². The van der Waals surface area contributed by atoms with Gasteiger partial charge in [-0.3, -0.25) is 14.6 Å². The summed E-state index contributed by atoms with van der Waals surface area (Å²) in [5, 5.41) is 6.01. The van der Waals surface area contributed by atoms with Crippen molar-refractivity contribution < 1.29 is 14.3 Å². The Hall–Kier alpha value is -2.61. The Morgan fingerprint density at radius 2 is 1.88 bits per heavy atom. The molecule has 2 heterocycles. The van der Waals surface area contributed by atoms with E-state index >= 15 is 0 Å². The lowest BCUT2D eigenvalue weighted by molar-refractivity contribution is -0.112. The Kier molecular flexibility index (Phi) is 5.41. The third-order valence-corrected chi connectivity index (χ3v) is 4.44. The van der Waals surface area contributed by atoms with Gasteiger partial charge < -0.3 is 14.6 Å². The fourth-order valence-electron chi connectivity index (χ4n) is 3.19. The summed E-state index contributed by atoms with van der Waals surface area (Å²) >= 11 is 0. The number of carbonyl (C=O) groups is 2. The van der Waals surface area contributed by atoms with Gasteiger partial charge in [0, 0.05) is 45.8 Å². The molecule has 2 aliphatic rings. The van der Waals surface area contributed by atoms with E-state index in [1.807, 2.05) is 24.3 Å². The van der Waals surface area contributed by atoms with Crippen molar-refractivity contribution in [2.45, 2.75) is 6.92 Å².